The lowest BCUT2D eigenvalue weighted by molar-refractivity contribution is 1.28. The average molecular weight is 344 g/mol. The molecule has 0 spiro atoms. The third kappa shape index (κ3) is 2.85. The number of fused-ring (bicyclic) bond motifs is 1. The first-order valence-corrected chi connectivity index (χ1v) is 9.26. The highest BCUT2D eigenvalue weighted by molar-refractivity contribution is 7.13. The molecule has 0 bridgehead atoms. The Morgan fingerprint density at radius 2 is 0.920 bits per heavy atom. The quantitative estimate of drug-likeness (QED) is 0.429. The highest BCUT2D eigenvalue weighted by Crippen LogP contribution is 2.35. The first-order chi connectivity index (χ1) is 12.0. The van der Waals surface area contributed by atoms with Gasteiger partial charge in [0.25, 0.3) is 0 Å². The Morgan fingerprint density at radius 3 is 1.28 bits per heavy atom. The van der Waals surface area contributed by atoms with Crippen LogP contribution in [-0.2, 0) is 0 Å². The molecule has 0 radical (unpaired) electrons. The molecule has 4 aromatic rings. The van der Waals surface area contributed by atoms with E-state index in [1.54, 1.807) is 11.3 Å². The molecule has 0 N–H and O–H groups in total. The second kappa shape index (κ2) is 6.08. The van der Waals surface area contributed by atoms with Crippen LogP contribution in [0.5, 0.6) is 0 Å². The van der Waals surface area contributed by atoms with E-state index in [0.717, 1.165) is 33.5 Å². The van der Waals surface area contributed by atoms with E-state index in [0.29, 0.717) is 0 Å². The summed E-state index contributed by atoms with van der Waals surface area (Å²) in [6, 6.07) is 17.1. The Hall–Kier alpha value is -2.52. The lowest BCUT2D eigenvalue weighted by Crippen LogP contribution is -1.95. The van der Waals surface area contributed by atoms with E-state index >= 15 is 0 Å². The van der Waals surface area contributed by atoms with Crippen LogP contribution in [0.2, 0.25) is 0 Å². The molecular weight excluding hydrogens is 324 g/mol. The van der Waals surface area contributed by atoms with Gasteiger partial charge < -0.3 is 0 Å². The first-order valence-electron chi connectivity index (χ1n) is 8.45. The van der Waals surface area contributed by atoms with Gasteiger partial charge in [-0.1, -0.05) is 59.7 Å². The van der Waals surface area contributed by atoms with Crippen molar-refractivity contribution in [1.82, 2.24) is 9.97 Å². The van der Waals surface area contributed by atoms with Crippen LogP contribution in [0, 0.1) is 27.7 Å². The van der Waals surface area contributed by atoms with Crippen molar-refractivity contribution >= 4 is 22.4 Å². The zero-order valence-corrected chi connectivity index (χ0v) is 15.7. The average Bonchev–Trinajstić information content (AvgIpc) is 2.89. The van der Waals surface area contributed by atoms with Gasteiger partial charge >= 0.3 is 0 Å². The minimum atomic E-state index is 0.956. The highest BCUT2D eigenvalue weighted by Gasteiger charge is 2.16. The van der Waals surface area contributed by atoms with Crippen LogP contribution in [0.15, 0.2) is 48.5 Å². The monoisotopic (exact) mass is 344 g/mol. The lowest BCUT2D eigenvalue weighted by Gasteiger charge is -2.10. The Morgan fingerprint density at radius 1 is 0.560 bits per heavy atom. The van der Waals surface area contributed by atoms with Crippen LogP contribution >= 0.6 is 11.3 Å². The summed E-state index contributed by atoms with van der Waals surface area (Å²) in [5.74, 6) is 0. The molecule has 4 rings (SSSR count). The minimum Gasteiger partial charge on any atom is -0.243 e. The number of aryl methyl sites for hydroxylation is 4. The molecule has 2 aromatic carbocycles. The fourth-order valence-electron chi connectivity index (χ4n) is 3.08. The molecule has 0 aliphatic heterocycles. The molecule has 2 nitrogen and oxygen atoms in total. The summed E-state index contributed by atoms with van der Waals surface area (Å²) in [7, 11) is 0. The van der Waals surface area contributed by atoms with E-state index in [4.69, 9.17) is 9.97 Å². The summed E-state index contributed by atoms with van der Waals surface area (Å²) in [5, 5.41) is 0. The third-order valence-corrected chi connectivity index (χ3v) is 5.52. The Labute approximate surface area is 152 Å². The second-order valence-corrected chi connectivity index (χ2v) is 7.99. The third-order valence-electron chi connectivity index (χ3n) is 4.52. The van der Waals surface area contributed by atoms with Gasteiger partial charge in [-0.3, -0.25) is 0 Å². The lowest BCUT2D eigenvalue weighted by atomic mass is 10.0. The SMILES string of the molecule is Cc1ccc(-c2nc3c(C)sc(C)c3nc2-c2ccc(C)cc2)cc1. The molecule has 0 aliphatic rings. The first kappa shape index (κ1) is 16.0. The second-order valence-electron chi connectivity index (χ2n) is 6.56. The zero-order valence-electron chi connectivity index (χ0n) is 14.9. The topological polar surface area (TPSA) is 25.8 Å². The molecule has 2 heterocycles. The number of thiophene rings is 1. The molecule has 0 unspecified atom stereocenters. The summed E-state index contributed by atoms with van der Waals surface area (Å²) < 4.78 is 0. The molecule has 0 saturated heterocycles. The van der Waals surface area contributed by atoms with Crippen LogP contribution < -0.4 is 0 Å². The van der Waals surface area contributed by atoms with Gasteiger partial charge in [0.05, 0.1) is 11.4 Å². The molecular formula is C22H20N2S. The van der Waals surface area contributed by atoms with Crippen molar-refractivity contribution in [2.24, 2.45) is 0 Å². The highest BCUT2D eigenvalue weighted by atomic mass is 32.1. The Balaban J connectivity index is 2.03. The summed E-state index contributed by atoms with van der Waals surface area (Å²) in [5.41, 5.74) is 8.67. The summed E-state index contributed by atoms with van der Waals surface area (Å²) in [6.07, 6.45) is 0. The molecule has 25 heavy (non-hydrogen) atoms. The van der Waals surface area contributed by atoms with E-state index in [2.05, 4.69) is 76.2 Å². The fraction of sp³-hybridized carbons (Fsp3) is 0.182. The van der Waals surface area contributed by atoms with Gasteiger partial charge in [0.1, 0.15) is 11.0 Å². The molecule has 124 valence electrons. The van der Waals surface area contributed by atoms with E-state index in [-0.39, 0.29) is 0 Å². The van der Waals surface area contributed by atoms with Gasteiger partial charge in [-0.2, -0.15) is 0 Å². The van der Waals surface area contributed by atoms with Crippen LogP contribution in [0.4, 0.5) is 0 Å². The van der Waals surface area contributed by atoms with Crippen molar-refractivity contribution in [3.63, 3.8) is 0 Å². The largest absolute Gasteiger partial charge is 0.243 e. The molecule has 0 atom stereocenters. The predicted octanol–water partition coefficient (Wildman–Crippen LogP) is 6.26. The van der Waals surface area contributed by atoms with Crippen molar-refractivity contribution in [2.75, 3.05) is 0 Å². The number of aromatic nitrogens is 2. The van der Waals surface area contributed by atoms with Gasteiger partial charge in [-0.05, 0) is 27.7 Å². The van der Waals surface area contributed by atoms with E-state index in [9.17, 15) is 0 Å². The van der Waals surface area contributed by atoms with Crippen LogP contribution in [0.25, 0.3) is 33.5 Å². The minimum absolute atomic E-state index is 0.956. The van der Waals surface area contributed by atoms with E-state index < -0.39 is 0 Å². The normalized spacial score (nSPS) is 11.2. The van der Waals surface area contributed by atoms with E-state index in [1.165, 1.54) is 20.9 Å². The Kier molecular flexibility index (Phi) is 3.89. The van der Waals surface area contributed by atoms with Crippen LogP contribution in [0.3, 0.4) is 0 Å². The maximum Gasteiger partial charge on any atom is 0.103 e. The van der Waals surface area contributed by atoms with Gasteiger partial charge in [-0.25, -0.2) is 9.97 Å². The Bertz CT molecular complexity index is 973. The molecule has 0 amide bonds. The van der Waals surface area contributed by atoms with E-state index in [1.807, 2.05) is 0 Å². The molecule has 3 heteroatoms. The van der Waals surface area contributed by atoms with Crippen molar-refractivity contribution in [2.45, 2.75) is 27.7 Å². The number of nitrogens with zero attached hydrogens (tertiary/aromatic N) is 2. The van der Waals surface area contributed by atoms with Crippen molar-refractivity contribution < 1.29 is 0 Å². The standard InChI is InChI=1S/C22H20N2S/c1-13-5-9-17(10-6-13)21-22(18-11-7-14(2)8-12-18)24-20-16(4)25-15(3)19(20)23-21/h5-12H,1-4H3. The van der Waals surface area contributed by atoms with Gasteiger partial charge in [0.15, 0.2) is 0 Å². The van der Waals surface area contributed by atoms with Crippen LogP contribution in [0.1, 0.15) is 20.9 Å². The van der Waals surface area contributed by atoms with Crippen molar-refractivity contribution in [1.29, 1.82) is 0 Å². The molecule has 0 aliphatic carbocycles. The molecule has 2 aromatic heterocycles. The molecule has 0 saturated carbocycles. The maximum atomic E-state index is 5.04. The number of benzene rings is 2. The maximum absolute atomic E-state index is 5.04. The summed E-state index contributed by atoms with van der Waals surface area (Å²) in [4.78, 5) is 12.5. The predicted molar refractivity (Wildman–Crippen MR) is 107 cm³/mol. The fourth-order valence-corrected chi connectivity index (χ4v) is 4.02. The number of hydrogen-bond acceptors (Lipinski definition) is 3. The molecule has 0 fully saturated rings. The van der Waals surface area contributed by atoms with Gasteiger partial charge in [-0.15, -0.1) is 11.3 Å². The summed E-state index contributed by atoms with van der Waals surface area (Å²) >= 11 is 1.77. The van der Waals surface area contributed by atoms with Crippen molar-refractivity contribution in [3.05, 3.63) is 69.4 Å². The number of hydrogen-bond donors (Lipinski definition) is 0. The van der Waals surface area contributed by atoms with Crippen LogP contribution in [-0.4, -0.2) is 9.97 Å². The van der Waals surface area contributed by atoms with Gasteiger partial charge in [0.2, 0.25) is 0 Å². The van der Waals surface area contributed by atoms with Crippen molar-refractivity contribution in [3.8, 4) is 22.5 Å². The smallest absolute Gasteiger partial charge is 0.103 e. The zero-order chi connectivity index (χ0) is 17.6. The number of rotatable bonds is 2. The van der Waals surface area contributed by atoms with Gasteiger partial charge in [0, 0.05) is 20.9 Å². The summed E-state index contributed by atoms with van der Waals surface area (Å²) in [6.45, 7) is 8.45.